The van der Waals surface area contributed by atoms with Crippen molar-refractivity contribution in [1.29, 1.82) is 0 Å². The van der Waals surface area contributed by atoms with E-state index in [1.54, 1.807) is 7.05 Å². The van der Waals surface area contributed by atoms with Crippen LogP contribution in [-0.4, -0.2) is 34.3 Å². The fraction of sp³-hybridized carbons (Fsp3) is 0.615. The van der Waals surface area contributed by atoms with Gasteiger partial charge in [-0.3, -0.25) is 9.48 Å². The number of rotatable bonds is 3. The van der Waals surface area contributed by atoms with Gasteiger partial charge in [0.25, 0.3) is 5.91 Å². The number of nitrogens with two attached hydrogens (primary N) is 1. The molecular formula is C13H20N4O3. The Morgan fingerprint density at radius 3 is 2.95 bits per heavy atom. The molecule has 7 heteroatoms. The highest BCUT2D eigenvalue weighted by Crippen LogP contribution is 2.19. The number of amides is 1. The molecule has 2 heterocycles. The van der Waals surface area contributed by atoms with Crippen LogP contribution < -0.4 is 11.1 Å². The lowest BCUT2D eigenvalue weighted by molar-refractivity contribution is -0.129. The molecule has 1 aliphatic heterocycles. The Hall–Kier alpha value is -2.05. The Morgan fingerprint density at radius 2 is 2.30 bits per heavy atom. The summed E-state index contributed by atoms with van der Waals surface area (Å²) >= 11 is 0. The molecule has 1 saturated heterocycles. The van der Waals surface area contributed by atoms with E-state index in [0.29, 0.717) is 30.8 Å². The SMILES string of the molecule is CCc1nn(C)c(C(=O)OC2CCCCNC2=O)c1N. The normalized spacial score (nSPS) is 19.3. The smallest absolute Gasteiger partial charge is 0.359 e. The summed E-state index contributed by atoms with van der Waals surface area (Å²) < 4.78 is 6.71. The molecule has 1 aromatic heterocycles. The van der Waals surface area contributed by atoms with Gasteiger partial charge in [0.05, 0.1) is 11.4 Å². The van der Waals surface area contributed by atoms with Gasteiger partial charge in [0, 0.05) is 13.6 Å². The molecule has 3 N–H and O–H groups in total. The first-order chi connectivity index (χ1) is 9.54. The number of nitrogen functional groups attached to an aromatic ring is 1. The van der Waals surface area contributed by atoms with E-state index in [0.717, 1.165) is 12.8 Å². The maximum Gasteiger partial charge on any atom is 0.359 e. The van der Waals surface area contributed by atoms with Gasteiger partial charge in [-0.1, -0.05) is 6.92 Å². The van der Waals surface area contributed by atoms with E-state index in [1.165, 1.54) is 4.68 Å². The summed E-state index contributed by atoms with van der Waals surface area (Å²) in [5, 5.41) is 6.90. The molecule has 0 radical (unpaired) electrons. The average molecular weight is 280 g/mol. The molecule has 0 spiro atoms. The summed E-state index contributed by atoms with van der Waals surface area (Å²) in [6, 6.07) is 0. The molecule has 20 heavy (non-hydrogen) atoms. The maximum absolute atomic E-state index is 12.2. The van der Waals surface area contributed by atoms with Gasteiger partial charge in [-0.2, -0.15) is 5.10 Å². The fourth-order valence-corrected chi connectivity index (χ4v) is 2.31. The van der Waals surface area contributed by atoms with E-state index in [9.17, 15) is 9.59 Å². The quantitative estimate of drug-likeness (QED) is 0.780. The maximum atomic E-state index is 12.2. The Bertz CT molecular complexity index is 524. The van der Waals surface area contributed by atoms with E-state index in [2.05, 4.69) is 10.4 Å². The van der Waals surface area contributed by atoms with Gasteiger partial charge in [0.2, 0.25) is 0 Å². The Balaban J connectivity index is 2.15. The van der Waals surface area contributed by atoms with Crippen molar-refractivity contribution in [3.8, 4) is 0 Å². The molecule has 7 nitrogen and oxygen atoms in total. The van der Waals surface area contributed by atoms with Gasteiger partial charge in [-0.25, -0.2) is 4.79 Å². The fourth-order valence-electron chi connectivity index (χ4n) is 2.31. The second-order valence-corrected chi connectivity index (χ2v) is 4.87. The standard InChI is InChI=1S/C13H20N4O3/c1-3-8-10(14)11(17(2)16-8)13(19)20-9-6-4-5-7-15-12(9)18/h9H,3-7,14H2,1-2H3,(H,15,18). The number of anilines is 1. The molecule has 1 unspecified atom stereocenters. The van der Waals surface area contributed by atoms with E-state index in [-0.39, 0.29) is 11.6 Å². The van der Waals surface area contributed by atoms with Crippen molar-refractivity contribution in [2.75, 3.05) is 12.3 Å². The molecule has 1 aliphatic rings. The summed E-state index contributed by atoms with van der Waals surface area (Å²) in [4.78, 5) is 24.0. The molecule has 1 amide bonds. The van der Waals surface area contributed by atoms with Crippen molar-refractivity contribution in [3.63, 3.8) is 0 Å². The van der Waals surface area contributed by atoms with E-state index in [4.69, 9.17) is 10.5 Å². The summed E-state index contributed by atoms with van der Waals surface area (Å²) in [7, 11) is 1.64. The Kier molecular flexibility index (Phi) is 4.26. The summed E-state index contributed by atoms with van der Waals surface area (Å²) in [6.07, 6.45) is 2.17. The largest absolute Gasteiger partial charge is 0.447 e. The number of carbonyl (C=O) groups excluding carboxylic acids is 2. The second-order valence-electron chi connectivity index (χ2n) is 4.87. The zero-order valence-corrected chi connectivity index (χ0v) is 11.8. The molecule has 1 aromatic rings. The topological polar surface area (TPSA) is 99.2 Å². The summed E-state index contributed by atoms with van der Waals surface area (Å²) in [5.41, 5.74) is 7.09. The zero-order valence-electron chi connectivity index (χ0n) is 11.8. The Morgan fingerprint density at radius 1 is 1.55 bits per heavy atom. The van der Waals surface area contributed by atoms with Crippen LogP contribution in [0.3, 0.4) is 0 Å². The highest BCUT2D eigenvalue weighted by atomic mass is 16.5. The average Bonchev–Trinajstić information content (AvgIpc) is 2.56. The van der Waals surface area contributed by atoms with Crippen molar-refractivity contribution >= 4 is 17.6 Å². The van der Waals surface area contributed by atoms with Crippen LogP contribution >= 0.6 is 0 Å². The van der Waals surface area contributed by atoms with Crippen LogP contribution in [0.2, 0.25) is 0 Å². The molecule has 1 fully saturated rings. The third-order valence-corrected chi connectivity index (χ3v) is 3.42. The van der Waals surface area contributed by atoms with Crippen LogP contribution in [0.1, 0.15) is 42.4 Å². The van der Waals surface area contributed by atoms with E-state index >= 15 is 0 Å². The third kappa shape index (κ3) is 2.76. The minimum atomic E-state index is -0.746. The van der Waals surface area contributed by atoms with Crippen LogP contribution in [0.25, 0.3) is 0 Å². The first-order valence-corrected chi connectivity index (χ1v) is 6.84. The van der Waals surface area contributed by atoms with Gasteiger partial charge in [-0.05, 0) is 25.7 Å². The predicted molar refractivity (Wildman–Crippen MR) is 73.1 cm³/mol. The molecular weight excluding hydrogens is 260 g/mol. The number of nitrogens with zero attached hydrogens (tertiary/aromatic N) is 2. The monoisotopic (exact) mass is 280 g/mol. The number of aryl methyl sites for hydroxylation is 2. The van der Waals surface area contributed by atoms with Crippen LogP contribution in [0.15, 0.2) is 0 Å². The number of hydrogen-bond acceptors (Lipinski definition) is 5. The van der Waals surface area contributed by atoms with Gasteiger partial charge < -0.3 is 15.8 Å². The minimum absolute atomic E-state index is 0.207. The zero-order chi connectivity index (χ0) is 14.7. The second kappa shape index (κ2) is 5.94. The van der Waals surface area contributed by atoms with Gasteiger partial charge in [0.15, 0.2) is 11.8 Å². The number of hydrogen-bond donors (Lipinski definition) is 2. The van der Waals surface area contributed by atoms with Crippen molar-refractivity contribution in [3.05, 3.63) is 11.4 Å². The molecule has 0 aliphatic carbocycles. The molecule has 0 saturated carbocycles. The van der Waals surface area contributed by atoms with Crippen molar-refractivity contribution < 1.29 is 14.3 Å². The molecule has 2 rings (SSSR count). The van der Waals surface area contributed by atoms with Crippen LogP contribution in [-0.2, 0) is 23.0 Å². The predicted octanol–water partition coefficient (Wildman–Crippen LogP) is 0.390. The van der Waals surface area contributed by atoms with E-state index in [1.807, 2.05) is 6.92 Å². The summed E-state index contributed by atoms with van der Waals surface area (Å²) in [6.45, 7) is 2.53. The van der Waals surface area contributed by atoms with Crippen molar-refractivity contribution in [1.82, 2.24) is 15.1 Å². The summed E-state index contributed by atoms with van der Waals surface area (Å²) in [5.74, 6) is -0.841. The lowest BCUT2D eigenvalue weighted by Crippen LogP contribution is -2.36. The lowest BCUT2D eigenvalue weighted by Gasteiger charge is -2.14. The molecule has 110 valence electrons. The van der Waals surface area contributed by atoms with E-state index < -0.39 is 12.1 Å². The molecule has 0 bridgehead atoms. The van der Waals surface area contributed by atoms with Crippen LogP contribution in [0.5, 0.6) is 0 Å². The number of carbonyl (C=O) groups is 2. The Labute approximate surface area is 117 Å². The number of esters is 1. The van der Waals surface area contributed by atoms with Crippen LogP contribution in [0, 0.1) is 0 Å². The molecule has 1 atom stereocenters. The highest BCUT2D eigenvalue weighted by Gasteiger charge is 2.28. The number of ether oxygens (including phenoxy) is 1. The minimum Gasteiger partial charge on any atom is -0.447 e. The highest BCUT2D eigenvalue weighted by molar-refractivity contribution is 5.95. The first kappa shape index (κ1) is 14.4. The number of aromatic nitrogens is 2. The van der Waals surface area contributed by atoms with Crippen molar-refractivity contribution in [2.24, 2.45) is 7.05 Å². The van der Waals surface area contributed by atoms with Gasteiger partial charge in [-0.15, -0.1) is 0 Å². The first-order valence-electron chi connectivity index (χ1n) is 6.84. The van der Waals surface area contributed by atoms with Crippen molar-refractivity contribution in [2.45, 2.75) is 38.7 Å². The number of nitrogens with one attached hydrogen (secondary N) is 1. The third-order valence-electron chi connectivity index (χ3n) is 3.42. The molecule has 0 aromatic carbocycles. The van der Waals surface area contributed by atoms with Gasteiger partial charge >= 0.3 is 5.97 Å². The van der Waals surface area contributed by atoms with Crippen LogP contribution in [0.4, 0.5) is 5.69 Å². The van der Waals surface area contributed by atoms with Gasteiger partial charge in [0.1, 0.15) is 0 Å². The lowest BCUT2D eigenvalue weighted by atomic mass is 10.2.